The molecule has 126 heavy (non-hydrogen) atoms. The van der Waals surface area contributed by atoms with Gasteiger partial charge in [0.2, 0.25) is 11.6 Å². The second-order valence-electron chi connectivity index (χ2n) is 30.0. The number of rotatable bonds is 27. The summed E-state index contributed by atoms with van der Waals surface area (Å²) in [4.78, 5) is 9.90. The second-order valence-corrected chi connectivity index (χ2v) is 30.0. The average Bonchev–Trinajstić information content (AvgIpc) is 1.57. The van der Waals surface area contributed by atoms with Crippen LogP contribution in [0.1, 0.15) is 0 Å². The third-order valence-corrected chi connectivity index (χ3v) is 21.4. The molecule has 10 rings (SSSR count). The molecule has 60 heteroatoms. The smallest absolute Gasteiger partial charge is 0.224 e. The van der Waals surface area contributed by atoms with Crippen LogP contribution in [0, 0.1) is 0 Å². The monoisotopic (exact) mass is 1870 g/mol. The summed E-state index contributed by atoms with van der Waals surface area (Å²) < 4.78 is 76.7. The van der Waals surface area contributed by atoms with Gasteiger partial charge in [0.25, 0.3) is 0 Å². The first-order chi connectivity index (χ1) is 59.1. The maximum Gasteiger partial charge on any atom is 0.224 e. The van der Waals surface area contributed by atoms with Gasteiger partial charge in [-0.2, -0.15) is 0 Å². The van der Waals surface area contributed by atoms with Crippen LogP contribution in [0.5, 0.6) is 0 Å². The van der Waals surface area contributed by atoms with Crippen molar-refractivity contribution in [1.29, 1.82) is 0 Å². The van der Waals surface area contributed by atoms with E-state index in [-0.39, 0.29) is 12.9 Å². The number of ether oxygens (including phenoxy) is 15. The van der Waals surface area contributed by atoms with E-state index < -0.39 is 398 Å². The minimum Gasteiger partial charge on any atom is -0.394 e. The van der Waals surface area contributed by atoms with Crippen LogP contribution in [0.3, 0.4) is 0 Å². The Hall–Kier alpha value is -2.69. The first-order valence-corrected chi connectivity index (χ1v) is 38.5. The number of carbonyl (C=O) groups is 1. The van der Waals surface area contributed by atoms with Gasteiger partial charge in [-0.25, -0.2) is 0 Å². The first kappa shape index (κ1) is 114. The maximum absolute atomic E-state index is 10.1. The Morgan fingerprint density at radius 2 is 0.651 bits per heavy atom. The molecule has 0 saturated carbocycles. The molecule has 746 valence electrons. The van der Waals surface area contributed by atoms with Crippen molar-refractivity contribution in [1.82, 2.24) is 0 Å². The van der Waals surface area contributed by atoms with Gasteiger partial charge in [0.15, 0.2) is 50.3 Å². The molecule has 0 radical (unpaired) electrons. The van der Waals surface area contributed by atoms with Crippen molar-refractivity contribution in [2.75, 3.05) is 92.5 Å². The van der Waals surface area contributed by atoms with E-state index in [0.29, 0.717) is 0 Å². The van der Waals surface area contributed by atoms with Crippen LogP contribution in [-0.2, 0) is 75.8 Å². The molecule has 10 heterocycles. The van der Waals surface area contributed by atoms with E-state index in [2.05, 4.69) is 0 Å². The number of aliphatic hydroxyl groups excluding tert-OH is 43. The molecule has 10 fully saturated rings. The molecule has 10 saturated heterocycles. The van der Waals surface area contributed by atoms with Crippen molar-refractivity contribution < 1.29 is 301 Å². The van der Waals surface area contributed by atoms with Crippen molar-refractivity contribution in [2.45, 2.75) is 312 Å². The topological polar surface area (TPSA) is 1050 Å². The molecule has 0 aromatic rings. The van der Waals surface area contributed by atoms with Crippen LogP contribution in [0.4, 0.5) is 0 Å². The summed E-state index contributed by atoms with van der Waals surface area (Å²) in [5.41, 5.74) is 0. The van der Waals surface area contributed by atoms with E-state index in [4.69, 9.17) is 137 Å². The standard InChI is InChI=1S/4C12H22O11.C12H22O10.C6H12O6/c13-1-5-7(17)8(18)9(19)11(22-5)23-10-6(16)4(15)2-21-12(10,20)3-14;13-1-4-6(16)8(18)9(19)11(21-4)23-12(3-15)10(20)7(17)5(2-14)22-12;13-1-3-5(15)6(16)9(19)12(22-3)23-10-4(2-14)21-11(20)8(18)7(10)17;13-1-3-5(15)7(17)9(19)11(21-3)23-12-10(20)8(18)6(16)4(2-14)22-12;13-1-4-7(15)9(17)6(21-4)3-20-12-11(19)10(18)8(16)5(2-14)22-12;7-1-3(9)5(11)6(12)4(10)2-8/h2*4-11,13-20H,1-3H2;2*3-20H,1-2H2;4-19H,1-3H2;1,3-6,8-12H,2H2. The van der Waals surface area contributed by atoms with Gasteiger partial charge >= 0.3 is 0 Å². The molecule has 60 nitrogen and oxygen atoms in total. The van der Waals surface area contributed by atoms with Crippen LogP contribution >= 0.6 is 0 Å². The summed E-state index contributed by atoms with van der Waals surface area (Å²) in [5, 5.41) is 417. The molecule has 44 N–H and O–H groups in total. The Morgan fingerprint density at radius 1 is 0.317 bits per heavy atom. The first-order valence-electron chi connectivity index (χ1n) is 38.5. The maximum atomic E-state index is 10.1. The van der Waals surface area contributed by atoms with E-state index in [1.165, 1.54) is 0 Å². The normalized spacial score (nSPS) is 48.3. The fourth-order valence-corrected chi connectivity index (χ4v) is 13.3. The Balaban J connectivity index is 0.000000271. The lowest BCUT2D eigenvalue weighted by Crippen LogP contribution is -2.67. The highest BCUT2D eigenvalue weighted by molar-refractivity contribution is 5.56. The van der Waals surface area contributed by atoms with Gasteiger partial charge in [0.05, 0.1) is 85.9 Å². The van der Waals surface area contributed by atoms with E-state index in [1.807, 2.05) is 0 Å². The molecule has 0 spiro atoms. The van der Waals surface area contributed by atoms with Crippen molar-refractivity contribution >= 4 is 6.29 Å². The van der Waals surface area contributed by atoms with E-state index >= 15 is 0 Å². The minimum atomic E-state index is -2.38. The average molecular weight is 1880 g/mol. The van der Waals surface area contributed by atoms with Crippen LogP contribution in [0.15, 0.2) is 0 Å². The summed E-state index contributed by atoms with van der Waals surface area (Å²) >= 11 is 0. The third-order valence-electron chi connectivity index (χ3n) is 21.4. The number of hydrogen-bond donors (Lipinski definition) is 44. The molecule has 51 atom stereocenters. The van der Waals surface area contributed by atoms with Gasteiger partial charge in [0.1, 0.15) is 263 Å². The molecular weight excluding hydrogens is 1750 g/mol. The van der Waals surface area contributed by atoms with Crippen molar-refractivity contribution in [3.05, 3.63) is 0 Å². The molecule has 51 unspecified atom stereocenters. The fraction of sp³-hybridized carbons (Fsp3) is 0.985. The van der Waals surface area contributed by atoms with E-state index in [0.717, 1.165) is 0 Å². The van der Waals surface area contributed by atoms with Crippen molar-refractivity contribution in [3.63, 3.8) is 0 Å². The molecule has 0 amide bonds. The van der Waals surface area contributed by atoms with Gasteiger partial charge in [-0.05, 0) is 0 Å². The van der Waals surface area contributed by atoms with Gasteiger partial charge in [-0.3, -0.25) is 0 Å². The summed E-state index contributed by atoms with van der Waals surface area (Å²) in [6.45, 7) is -9.26. The van der Waals surface area contributed by atoms with Crippen molar-refractivity contribution in [3.8, 4) is 0 Å². The lowest BCUT2D eigenvalue weighted by atomic mass is 9.96. The Kier molecular flexibility index (Phi) is 46.8. The van der Waals surface area contributed by atoms with Crippen molar-refractivity contribution in [2.24, 2.45) is 0 Å². The van der Waals surface area contributed by atoms with E-state index in [9.17, 15) is 163 Å². The molecule has 0 aromatic carbocycles. The number of aldehydes is 1. The zero-order chi connectivity index (χ0) is 95.5. The lowest BCUT2D eigenvalue weighted by Gasteiger charge is -2.47. The summed E-state index contributed by atoms with van der Waals surface area (Å²) in [7, 11) is 0. The van der Waals surface area contributed by atoms with Crippen LogP contribution in [0.25, 0.3) is 0 Å². The molecule has 10 aliphatic heterocycles. The van der Waals surface area contributed by atoms with Gasteiger partial charge in [-0.15, -0.1) is 0 Å². The summed E-state index contributed by atoms with van der Waals surface area (Å²) in [6, 6.07) is 0. The summed E-state index contributed by atoms with van der Waals surface area (Å²) in [5.74, 6) is -4.60. The zero-order valence-electron chi connectivity index (χ0n) is 66.0. The SMILES string of the molecule is O=CC(O)C(O)C(O)C(O)CO.OCC1OC(COC2OC(CO)C(O)C(O)C2O)C(O)C1O.OCC1OC(OC2(CO)OC(CO)C(O)C2O)C(O)C(O)C1O.OCC1OC(OC2C(CO)OC(O)C(O)C2O)C(O)C(O)C1O.OCC1OC(OC2C(O)C(O)COC2(O)CO)C(O)C(O)C1O.OCC1OC(OC2OC(CO)C(O)C(O)C2O)C(O)C(O)C1O. The summed E-state index contributed by atoms with van der Waals surface area (Å²) in [6.07, 6.45) is -75.1. The predicted molar refractivity (Wildman–Crippen MR) is 379 cm³/mol. The van der Waals surface area contributed by atoms with E-state index in [1.54, 1.807) is 0 Å². The largest absolute Gasteiger partial charge is 0.394 e. The second kappa shape index (κ2) is 51.9. The third kappa shape index (κ3) is 27.2. The highest BCUT2D eigenvalue weighted by Gasteiger charge is 2.61. The molecule has 10 aliphatic rings. The lowest BCUT2D eigenvalue weighted by molar-refractivity contribution is -0.387. The molecule has 0 aliphatic carbocycles. The van der Waals surface area contributed by atoms with Crippen LogP contribution in [-0.4, -0.2) is 635 Å². The highest BCUT2D eigenvalue weighted by atomic mass is 16.8. The molecule has 0 aromatic heterocycles. The minimum absolute atomic E-state index is 0.0258. The fourth-order valence-electron chi connectivity index (χ4n) is 13.3. The number of aliphatic hydroxyl groups is 44. The predicted octanol–water partition coefficient (Wildman–Crippen LogP) is -29.7. The Labute approximate surface area is 709 Å². The Bertz CT molecular complexity index is 2970. The Morgan fingerprint density at radius 3 is 1.00 bits per heavy atom. The molecular formula is C66H122O60. The highest BCUT2D eigenvalue weighted by Crippen LogP contribution is 2.38. The van der Waals surface area contributed by atoms with Gasteiger partial charge < -0.3 is 301 Å². The molecule has 0 bridgehead atoms. The number of carbonyl (C=O) groups excluding carboxylic acids is 1. The quantitative estimate of drug-likeness (QED) is 0.0340. The van der Waals surface area contributed by atoms with Gasteiger partial charge in [0, 0.05) is 0 Å². The van der Waals surface area contributed by atoms with Gasteiger partial charge in [-0.1, -0.05) is 0 Å². The zero-order valence-corrected chi connectivity index (χ0v) is 66.0. The number of hydrogen-bond acceptors (Lipinski definition) is 60. The van der Waals surface area contributed by atoms with Crippen LogP contribution in [0.2, 0.25) is 0 Å². The van der Waals surface area contributed by atoms with Crippen LogP contribution < -0.4 is 0 Å².